The van der Waals surface area contributed by atoms with Crippen molar-refractivity contribution in [1.29, 1.82) is 0 Å². The summed E-state index contributed by atoms with van der Waals surface area (Å²) < 4.78 is 11.5. The molecule has 0 aliphatic rings. The third kappa shape index (κ3) is 5.44. The summed E-state index contributed by atoms with van der Waals surface area (Å²) in [5, 5.41) is 21.5. The van der Waals surface area contributed by atoms with E-state index >= 15 is 0 Å². The normalized spacial score (nSPS) is 10.8. The van der Waals surface area contributed by atoms with Crippen molar-refractivity contribution >= 4 is 16.7 Å². The zero-order valence-electron chi connectivity index (χ0n) is 18.5. The Hall–Kier alpha value is -3.99. The van der Waals surface area contributed by atoms with Crippen LogP contribution in [0.5, 0.6) is 23.0 Å². The van der Waals surface area contributed by atoms with Crippen molar-refractivity contribution in [3.05, 3.63) is 84.4 Å². The van der Waals surface area contributed by atoms with E-state index in [2.05, 4.69) is 0 Å². The van der Waals surface area contributed by atoms with Gasteiger partial charge in [-0.25, -0.2) is 0 Å². The van der Waals surface area contributed by atoms with Crippen LogP contribution in [-0.4, -0.2) is 22.8 Å². The maximum Gasteiger partial charge on any atom is 0.306 e. The van der Waals surface area contributed by atoms with Crippen molar-refractivity contribution < 1.29 is 24.5 Å². The van der Waals surface area contributed by atoms with Crippen LogP contribution in [0.15, 0.2) is 78.9 Å². The number of ether oxygens (including phenoxy) is 2. The molecule has 4 aromatic rings. The predicted octanol–water partition coefficient (Wildman–Crippen LogP) is 6.60. The van der Waals surface area contributed by atoms with Gasteiger partial charge in [-0.05, 0) is 77.9 Å². The molecule has 0 amide bonds. The summed E-state index contributed by atoms with van der Waals surface area (Å²) in [7, 11) is 0. The topological polar surface area (TPSA) is 76.0 Å². The highest BCUT2D eigenvalue weighted by Crippen LogP contribution is 2.41. The Labute approximate surface area is 192 Å². The van der Waals surface area contributed by atoms with Crippen LogP contribution in [0.3, 0.4) is 0 Å². The monoisotopic (exact) mass is 442 g/mol. The minimum Gasteiger partial charge on any atom is -0.508 e. The maximum atomic E-state index is 11.7. The Morgan fingerprint density at radius 3 is 2.42 bits per heavy atom. The molecule has 2 N–H and O–H groups in total. The van der Waals surface area contributed by atoms with Crippen LogP contribution in [0.2, 0.25) is 0 Å². The molecule has 0 heterocycles. The average molecular weight is 443 g/mol. The summed E-state index contributed by atoms with van der Waals surface area (Å²) in [6.45, 7) is 2.42. The number of phenolic OH excluding ortho intramolecular Hbond substituents is 2. The molecule has 0 fully saturated rings. The number of hydrogen-bond acceptors (Lipinski definition) is 5. The first-order valence-corrected chi connectivity index (χ1v) is 11.0. The molecule has 0 radical (unpaired) electrons. The summed E-state index contributed by atoms with van der Waals surface area (Å²) >= 11 is 0. The van der Waals surface area contributed by atoms with Gasteiger partial charge in [0.05, 0.1) is 6.61 Å². The van der Waals surface area contributed by atoms with Gasteiger partial charge in [-0.2, -0.15) is 0 Å². The van der Waals surface area contributed by atoms with Crippen molar-refractivity contribution in [2.24, 2.45) is 0 Å². The summed E-state index contributed by atoms with van der Waals surface area (Å²) in [5.74, 6) is 1.45. The number of esters is 1. The van der Waals surface area contributed by atoms with Gasteiger partial charge < -0.3 is 19.7 Å². The maximum absolute atomic E-state index is 11.7. The number of rotatable bonds is 8. The molecule has 0 spiro atoms. The fraction of sp³-hybridized carbons (Fsp3) is 0.179. The standard InChI is InChI=1S/C28H26O5/c1-2-16-32-27(31)15-8-19-6-11-24(12-7-19)33-28-25(20-4-3-5-22(29)17-20)13-9-21-18-23(30)10-14-26(21)28/h3-7,9-14,17-18,29-30H,2,8,15-16H2,1H3. The molecule has 0 atom stereocenters. The molecule has 0 bridgehead atoms. The van der Waals surface area contributed by atoms with E-state index in [1.54, 1.807) is 30.3 Å². The van der Waals surface area contributed by atoms with E-state index in [0.29, 0.717) is 30.9 Å². The zero-order chi connectivity index (χ0) is 23.2. The van der Waals surface area contributed by atoms with Crippen molar-refractivity contribution in [3.63, 3.8) is 0 Å². The average Bonchev–Trinajstić information content (AvgIpc) is 2.82. The zero-order valence-corrected chi connectivity index (χ0v) is 18.5. The minimum absolute atomic E-state index is 0.172. The second-order valence-electron chi connectivity index (χ2n) is 7.86. The van der Waals surface area contributed by atoms with Gasteiger partial charge in [0.1, 0.15) is 23.0 Å². The van der Waals surface area contributed by atoms with E-state index in [1.807, 2.05) is 55.5 Å². The molecule has 33 heavy (non-hydrogen) atoms. The van der Waals surface area contributed by atoms with Gasteiger partial charge >= 0.3 is 5.97 Å². The number of benzene rings is 4. The number of carbonyl (C=O) groups is 1. The van der Waals surface area contributed by atoms with Gasteiger partial charge in [0.25, 0.3) is 0 Å². The minimum atomic E-state index is -0.188. The highest BCUT2D eigenvalue weighted by Gasteiger charge is 2.14. The van der Waals surface area contributed by atoms with Gasteiger partial charge in [-0.3, -0.25) is 4.79 Å². The van der Waals surface area contributed by atoms with Gasteiger partial charge in [0.15, 0.2) is 0 Å². The lowest BCUT2D eigenvalue weighted by molar-refractivity contribution is -0.143. The molecule has 5 nitrogen and oxygen atoms in total. The van der Waals surface area contributed by atoms with E-state index in [9.17, 15) is 15.0 Å². The van der Waals surface area contributed by atoms with Crippen LogP contribution >= 0.6 is 0 Å². The number of aromatic hydroxyl groups is 2. The molecule has 4 aromatic carbocycles. The first kappa shape index (κ1) is 22.2. The molecule has 0 saturated heterocycles. The van der Waals surface area contributed by atoms with Crippen LogP contribution in [0, 0.1) is 0 Å². The molecule has 5 heteroatoms. The van der Waals surface area contributed by atoms with Crippen molar-refractivity contribution in [2.45, 2.75) is 26.2 Å². The van der Waals surface area contributed by atoms with E-state index < -0.39 is 0 Å². The van der Waals surface area contributed by atoms with Crippen molar-refractivity contribution in [2.75, 3.05) is 6.61 Å². The number of hydrogen-bond donors (Lipinski definition) is 2. The molecule has 168 valence electrons. The second-order valence-corrected chi connectivity index (χ2v) is 7.86. The fourth-order valence-corrected chi connectivity index (χ4v) is 3.68. The summed E-state index contributed by atoms with van der Waals surface area (Å²) in [6.07, 6.45) is 1.76. The first-order chi connectivity index (χ1) is 16.0. The van der Waals surface area contributed by atoms with Gasteiger partial charge in [0.2, 0.25) is 0 Å². The van der Waals surface area contributed by atoms with Crippen LogP contribution in [0.25, 0.3) is 21.9 Å². The van der Waals surface area contributed by atoms with E-state index in [1.165, 1.54) is 0 Å². The first-order valence-electron chi connectivity index (χ1n) is 11.0. The second kappa shape index (κ2) is 10.1. The summed E-state index contributed by atoms with van der Waals surface area (Å²) in [4.78, 5) is 11.7. The third-order valence-electron chi connectivity index (χ3n) is 5.34. The molecule has 0 aliphatic carbocycles. The smallest absolute Gasteiger partial charge is 0.306 e. The Morgan fingerprint density at radius 2 is 1.67 bits per heavy atom. The number of carbonyl (C=O) groups excluding carboxylic acids is 1. The van der Waals surface area contributed by atoms with Crippen LogP contribution in [-0.2, 0) is 16.0 Å². The van der Waals surface area contributed by atoms with Crippen molar-refractivity contribution in [1.82, 2.24) is 0 Å². The lowest BCUT2D eigenvalue weighted by Crippen LogP contribution is -2.06. The van der Waals surface area contributed by atoms with Crippen LogP contribution in [0.4, 0.5) is 0 Å². The molecule has 0 aromatic heterocycles. The Balaban J connectivity index is 1.62. The Kier molecular flexibility index (Phi) is 6.79. The Morgan fingerprint density at radius 1 is 0.879 bits per heavy atom. The molecule has 0 unspecified atom stereocenters. The molecule has 0 saturated carbocycles. The van der Waals surface area contributed by atoms with E-state index in [0.717, 1.165) is 33.9 Å². The quantitative estimate of drug-likeness (QED) is 0.301. The molecular formula is C28H26O5. The lowest BCUT2D eigenvalue weighted by Gasteiger charge is -2.15. The highest BCUT2D eigenvalue weighted by atomic mass is 16.5. The highest BCUT2D eigenvalue weighted by molar-refractivity contribution is 5.96. The summed E-state index contributed by atoms with van der Waals surface area (Å²) in [5.41, 5.74) is 2.67. The number of aryl methyl sites for hydroxylation is 1. The summed E-state index contributed by atoms with van der Waals surface area (Å²) in [6, 6.07) is 23.6. The van der Waals surface area contributed by atoms with Crippen molar-refractivity contribution in [3.8, 4) is 34.1 Å². The lowest BCUT2D eigenvalue weighted by atomic mass is 9.99. The third-order valence-corrected chi connectivity index (χ3v) is 5.34. The van der Waals surface area contributed by atoms with Gasteiger partial charge in [-0.1, -0.05) is 37.3 Å². The number of fused-ring (bicyclic) bond motifs is 1. The molecule has 0 aliphatic heterocycles. The van der Waals surface area contributed by atoms with E-state index in [4.69, 9.17) is 9.47 Å². The number of phenols is 2. The Bertz CT molecular complexity index is 1260. The van der Waals surface area contributed by atoms with Gasteiger partial charge in [0, 0.05) is 17.4 Å². The largest absolute Gasteiger partial charge is 0.508 e. The predicted molar refractivity (Wildman–Crippen MR) is 129 cm³/mol. The SMILES string of the molecule is CCCOC(=O)CCc1ccc(Oc2c(-c3cccc(O)c3)ccc3cc(O)ccc23)cc1. The molecular weight excluding hydrogens is 416 g/mol. The van der Waals surface area contributed by atoms with Crippen LogP contribution < -0.4 is 4.74 Å². The van der Waals surface area contributed by atoms with Crippen LogP contribution in [0.1, 0.15) is 25.3 Å². The fourth-order valence-electron chi connectivity index (χ4n) is 3.68. The van der Waals surface area contributed by atoms with Gasteiger partial charge in [-0.15, -0.1) is 0 Å². The van der Waals surface area contributed by atoms with E-state index in [-0.39, 0.29) is 17.5 Å². The molecule has 4 rings (SSSR count).